The van der Waals surface area contributed by atoms with Crippen LogP contribution in [0.2, 0.25) is 0 Å². The molecule has 120 valence electrons. The van der Waals surface area contributed by atoms with Crippen molar-refractivity contribution >= 4 is 11.8 Å². The van der Waals surface area contributed by atoms with Crippen molar-refractivity contribution in [2.45, 2.75) is 32.2 Å². The zero-order chi connectivity index (χ0) is 16.1. The maximum Gasteiger partial charge on any atom is 0.227 e. The Morgan fingerprint density at radius 3 is 2.64 bits per heavy atom. The molecular weight excluding hydrogens is 280 g/mol. The normalized spacial score (nSPS) is 19.2. The molecule has 22 heavy (non-hydrogen) atoms. The second-order valence-electron chi connectivity index (χ2n) is 5.89. The van der Waals surface area contributed by atoms with Crippen LogP contribution in [-0.4, -0.2) is 43.5 Å². The van der Waals surface area contributed by atoms with E-state index in [-0.39, 0.29) is 23.8 Å². The molecule has 1 aliphatic rings. The number of carbonyl (C=O) groups excluding carboxylic acids is 2. The van der Waals surface area contributed by atoms with Crippen LogP contribution in [0.1, 0.15) is 25.3 Å². The molecule has 2 amide bonds. The highest BCUT2D eigenvalue weighted by Gasteiger charge is 2.28. The first-order valence-electron chi connectivity index (χ1n) is 7.67. The number of carbonyl (C=O) groups is 2. The van der Waals surface area contributed by atoms with Crippen LogP contribution in [0.3, 0.4) is 0 Å². The Kier molecular flexibility index (Phi) is 5.41. The van der Waals surface area contributed by atoms with Crippen molar-refractivity contribution in [3.05, 3.63) is 29.8 Å². The highest BCUT2D eigenvalue weighted by Crippen LogP contribution is 2.18. The molecule has 1 aliphatic heterocycles. The molecule has 0 aromatic heterocycles. The maximum atomic E-state index is 12.5. The molecule has 0 saturated carbocycles. The lowest BCUT2D eigenvalue weighted by Gasteiger charge is -2.31. The van der Waals surface area contributed by atoms with E-state index in [4.69, 9.17) is 4.74 Å². The van der Waals surface area contributed by atoms with Gasteiger partial charge in [-0.25, -0.2) is 0 Å². The molecule has 5 nitrogen and oxygen atoms in total. The van der Waals surface area contributed by atoms with Crippen molar-refractivity contribution in [3.63, 3.8) is 0 Å². The standard InChI is InChI=1S/C17H24N2O3/c1-12(10-13-4-7-15(22-3)8-5-13)19(2)17(21)14-6-9-16(20)18-11-14/h4-5,7-8,12,14H,6,9-11H2,1-3H3,(H,18,20)/t12-,14-/m0/s1. The highest BCUT2D eigenvalue weighted by atomic mass is 16.5. The summed E-state index contributed by atoms with van der Waals surface area (Å²) in [6.07, 6.45) is 1.88. The van der Waals surface area contributed by atoms with Crippen LogP contribution in [0.4, 0.5) is 0 Å². The minimum absolute atomic E-state index is 0.0398. The van der Waals surface area contributed by atoms with Gasteiger partial charge >= 0.3 is 0 Å². The van der Waals surface area contributed by atoms with E-state index in [9.17, 15) is 9.59 Å². The first-order valence-corrected chi connectivity index (χ1v) is 7.67. The van der Waals surface area contributed by atoms with E-state index in [1.54, 1.807) is 12.0 Å². The molecule has 0 spiro atoms. The van der Waals surface area contributed by atoms with Crippen molar-refractivity contribution in [3.8, 4) is 5.75 Å². The van der Waals surface area contributed by atoms with Gasteiger partial charge in [0.1, 0.15) is 5.75 Å². The van der Waals surface area contributed by atoms with Crippen LogP contribution in [0, 0.1) is 5.92 Å². The lowest BCUT2D eigenvalue weighted by molar-refractivity contribution is -0.137. The monoisotopic (exact) mass is 304 g/mol. The molecule has 5 heteroatoms. The van der Waals surface area contributed by atoms with Crippen LogP contribution in [-0.2, 0) is 16.0 Å². The SMILES string of the molecule is COc1ccc(C[C@H](C)N(C)C(=O)[C@H]2CCC(=O)NC2)cc1. The molecule has 0 bridgehead atoms. The fourth-order valence-corrected chi connectivity index (χ4v) is 2.69. The average Bonchev–Trinajstić information content (AvgIpc) is 2.55. The van der Waals surface area contributed by atoms with Crippen LogP contribution < -0.4 is 10.1 Å². The second kappa shape index (κ2) is 7.29. The number of ether oxygens (including phenoxy) is 1. The number of hydrogen-bond donors (Lipinski definition) is 1. The zero-order valence-corrected chi connectivity index (χ0v) is 13.5. The molecule has 0 radical (unpaired) electrons. The molecule has 0 unspecified atom stereocenters. The Bertz CT molecular complexity index is 517. The third-order valence-corrected chi connectivity index (χ3v) is 4.31. The summed E-state index contributed by atoms with van der Waals surface area (Å²) in [5, 5.41) is 2.77. The van der Waals surface area contributed by atoms with Crippen LogP contribution in [0.25, 0.3) is 0 Å². The summed E-state index contributed by atoms with van der Waals surface area (Å²) >= 11 is 0. The van der Waals surface area contributed by atoms with E-state index >= 15 is 0 Å². The van der Waals surface area contributed by atoms with Gasteiger partial charge in [0.15, 0.2) is 0 Å². The number of nitrogens with one attached hydrogen (secondary N) is 1. The van der Waals surface area contributed by atoms with Crippen LogP contribution >= 0.6 is 0 Å². The van der Waals surface area contributed by atoms with Crippen molar-refractivity contribution in [1.29, 1.82) is 0 Å². The topological polar surface area (TPSA) is 58.6 Å². The zero-order valence-electron chi connectivity index (χ0n) is 13.5. The summed E-state index contributed by atoms with van der Waals surface area (Å²) in [4.78, 5) is 25.5. The average molecular weight is 304 g/mol. The van der Waals surface area contributed by atoms with Crippen molar-refractivity contribution in [2.75, 3.05) is 20.7 Å². The highest BCUT2D eigenvalue weighted by molar-refractivity contribution is 5.83. The van der Waals surface area contributed by atoms with Gasteiger partial charge in [0, 0.05) is 26.1 Å². The van der Waals surface area contributed by atoms with E-state index in [0.717, 1.165) is 12.2 Å². The van der Waals surface area contributed by atoms with Crippen LogP contribution in [0.15, 0.2) is 24.3 Å². The number of likely N-dealkylation sites (N-methyl/N-ethyl adjacent to an activating group) is 1. The van der Waals surface area contributed by atoms with Crippen LogP contribution in [0.5, 0.6) is 5.75 Å². The molecule has 1 N–H and O–H groups in total. The van der Waals surface area contributed by atoms with Gasteiger partial charge in [0.2, 0.25) is 11.8 Å². The second-order valence-corrected chi connectivity index (χ2v) is 5.89. The third-order valence-electron chi connectivity index (χ3n) is 4.31. The van der Waals surface area contributed by atoms with Gasteiger partial charge in [-0.15, -0.1) is 0 Å². The van der Waals surface area contributed by atoms with Gasteiger partial charge in [0.05, 0.1) is 13.0 Å². The number of rotatable bonds is 5. The Morgan fingerprint density at radius 1 is 1.41 bits per heavy atom. The van der Waals surface area contributed by atoms with Crippen molar-refractivity contribution in [1.82, 2.24) is 10.2 Å². The maximum absolute atomic E-state index is 12.5. The summed E-state index contributed by atoms with van der Waals surface area (Å²) in [6.45, 7) is 2.50. The van der Waals surface area contributed by atoms with E-state index in [2.05, 4.69) is 5.32 Å². The molecule has 1 heterocycles. The summed E-state index contributed by atoms with van der Waals surface area (Å²) in [5.41, 5.74) is 1.17. The molecule has 2 rings (SSSR count). The molecule has 1 saturated heterocycles. The van der Waals surface area contributed by atoms with Gasteiger partial charge in [-0.2, -0.15) is 0 Å². The Labute approximate surface area is 131 Å². The number of hydrogen-bond acceptors (Lipinski definition) is 3. The summed E-state index contributed by atoms with van der Waals surface area (Å²) in [5.74, 6) is 0.888. The molecule has 1 aromatic carbocycles. The van der Waals surface area contributed by atoms with E-state index in [1.165, 1.54) is 5.56 Å². The van der Waals surface area contributed by atoms with Crippen molar-refractivity contribution in [2.24, 2.45) is 5.92 Å². The predicted octanol–water partition coefficient (Wildman–Crippen LogP) is 1.61. The molecule has 2 atom stereocenters. The van der Waals surface area contributed by atoms with E-state index in [1.807, 2.05) is 38.2 Å². The molecular formula is C17H24N2O3. The minimum Gasteiger partial charge on any atom is -0.497 e. The number of amides is 2. The van der Waals surface area contributed by atoms with Gasteiger partial charge in [-0.05, 0) is 37.5 Å². The molecule has 0 aliphatic carbocycles. The van der Waals surface area contributed by atoms with Gasteiger partial charge in [-0.1, -0.05) is 12.1 Å². The molecule has 1 aromatic rings. The first-order chi connectivity index (χ1) is 10.5. The van der Waals surface area contributed by atoms with Gasteiger partial charge in [0.25, 0.3) is 0 Å². The van der Waals surface area contributed by atoms with Crippen molar-refractivity contribution < 1.29 is 14.3 Å². The fourth-order valence-electron chi connectivity index (χ4n) is 2.69. The fraction of sp³-hybridized carbons (Fsp3) is 0.529. The Hall–Kier alpha value is -2.04. The van der Waals surface area contributed by atoms with Gasteiger partial charge < -0.3 is 15.0 Å². The first kappa shape index (κ1) is 16.3. The third kappa shape index (κ3) is 4.00. The lowest BCUT2D eigenvalue weighted by atomic mass is 9.96. The predicted molar refractivity (Wildman–Crippen MR) is 84.7 cm³/mol. The number of methoxy groups -OCH3 is 1. The summed E-state index contributed by atoms with van der Waals surface area (Å²) < 4.78 is 5.15. The van der Waals surface area contributed by atoms with E-state index in [0.29, 0.717) is 19.4 Å². The number of piperidine rings is 1. The number of nitrogens with zero attached hydrogens (tertiary/aromatic N) is 1. The quantitative estimate of drug-likeness (QED) is 0.899. The number of benzene rings is 1. The molecule has 1 fully saturated rings. The summed E-state index contributed by atoms with van der Waals surface area (Å²) in [7, 11) is 3.49. The lowest BCUT2D eigenvalue weighted by Crippen LogP contribution is -2.46. The van der Waals surface area contributed by atoms with E-state index < -0.39 is 0 Å². The largest absolute Gasteiger partial charge is 0.497 e. The minimum atomic E-state index is -0.0963. The summed E-state index contributed by atoms with van der Waals surface area (Å²) in [6, 6.07) is 8.02. The smallest absolute Gasteiger partial charge is 0.227 e. The van der Waals surface area contributed by atoms with Gasteiger partial charge in [-0.3, -0.25) is 9.59 Å². The Balaban J connectivity index is 1.91. The Morgan fingerprint density at radius 2 is 2.09 bits per heavy atom.